The Hall–Kier alpha value is -4.44. The molecule has 2 atom stereocenters. The number of fused-ring (bicyclic) bond motifs is 3. The summed E-state index contributed by atoms with van der Waals surface area (Å²) >= 11 is 6.38. The summed E-state index contributed by atoms with van der Waals surface area (Å²) in [7, 11) is 0. The molecule has 4 aromatic rings. The van der Waals surface area contributed by atoms with Crippen molar-refractivity contribution in [3.63, 3.8) is 0 Å². The van der Waals surface area contributed by atoms with E-state index in [1.165, 1.54) is 11.2 Å². The lowest BCUT2D eigenvalue weighted by Crippen LogP contribution is -2.54. The minimum Gasteiger partial charge on any atom is -0.493 e. The van der Waals surface area contributed by atoms with Crippen molar-refractivity contribution in [3.8, 4) is 5.75 Å². The van der Waals surface area contributed by atoms with Crippen LogP contribution in [0, 0.1) is 0 Å². The Morgan fingerprint density at radius 2 is 2.05 bits per heavy atom. The van der Waals surface area contributed by atoms with Crippen LogP contribution >= 0.6 is 11.6 Å². The second-order valence-corrected chi connectivity index (χ2v) is 10.3. The first-order valence-electron chi connectivity index (χ1n) is 12.5. The third-order valence-electron chi connectivity index (χ3n) is 7.60. The molecule has 0 saturated carbocycles. The van der Waals surface area contributed by atoms with Crippen LogP contribution in [0.25, 0.3) is 10.8 Å². The molecule has 2 aliphatic rings. The van der Waals surface area contributed by atoms with E-state index in [0.717, 1.165) is 16.5 Å². The molecule has 0 bridgehead atoms. The zero-order valence-corrected chi connectivity index (χ0v) is 21.6. The number of nitrogens with zero attached hydrogens (tertiary/aromatic N) is 3. The van der Waals surface area contributed by atoms with Crippen molar-refractivity contribution < 1.29 is 19.1 Å². The van der Waals surface area contributed by atoms with Crippen LogP contribution in [0.4, 0.5) is 5.69 Å². The van der Waals surface area contributed by atoms with Gasteiger partial charge in [0, 0.05) is 46.8 Å². The molecule has 4 heterocycles. The van der Waals surface area contributed by atoms with E-state index in [0.29, 0.717) is 27.7 Å². The summed E-state index contributed by atoms with van der Waals surface area (Å²) in [4.78, 5) is 53.6. The molecule has 2 aromatic carbocycles. The highest BCUT2D eigenvalue weighted by molar-refractivity contribution is 6.30. The number of hydrogen-bond donors (Lipinski definition) is 3. The highest BCUT2D eigenvalue weighted by atomic mass is 35.5. The van der Waals surface area contributed by atoms with Crippen LogP contribution in [-0.2, 0) is 32.8 Å². The first-order chi connectivity index (χ1) is 18.9. The zero-order chi connectivity index (χ0) is 27.1. The fourth-order valence-corrected chi connectivity index (χ4v) is 5.71. The average Bonchev–Trinajstić information content (AvgIpc) is 3.40. The van der Waals surface area contributed by atoms with Crippen molar-refractivity contribution in [2.24, 2.45) is 5.73 Å². The molecule has 2 unspecified atom stereocenters. The van der Waals surface area contributed by atoms with Crippen LogP contribution in [0.1, 0.15) is 29.8 Å². The molecule has 2 aliphatic heterocycles. The van der Waals surface area contributed by atoms with Gasteiger partial charge >= 0.3 is 0 Å². The Labute approximate surface area is 228 Å². The van der Waals surface area contributed by atoms with Crippen molar-refractivity contribution in [2.45, 2.75) is 37.3 Å². The molecule has 2 aromatic heterocycles. The summed E-state index contributed by atoms with van der Waals surface area (Å²) in [5.41, 5.74) is 6.84. The van der Waals surface area contributed by atoms with Gasteiger partial charge in [-0.05, 0) is 18.2 Å². The topological polar surface area (TPSA) is 143 Å². The lowest BCUT2D eigenvalue weighted by atomic mass is 9.72. The number of aromatic nitrogens is 3. The Balaban J connectivity index is 1.41. The molecule has 11 heteroatoms. The van der Waals surface area contributed by atoms with Gasteiger partial charge in [-0.15, -0.1) is 0 Å². The van der Waals surface area contributed by atoms with Gasteiger partial charge in [0.05, 0.1) is 48.2 Å². The van der Waals surface area contributed by atoms with Crippen LogP contribution in [0.15, 0.2) is 61.2 Å². The van der Waals surface area contributed by atoms with Gasteiger partial charge in [0.1, 0.15) is 11.8 Å². The number of imidazole rings is 1. The number of pyridine rings is 1. The molecule has 0 saturated heterocycles. The number of rotatable bonds is 5. The van der Waals surface area contributed by atoms with Crippen molar-refractivity contribution in [1.29, 1.82) is 0 Å². The Kier molecular flexibility index (Phi) is 6.19. The summed E-state index contributed by atoms with van der Waals surface area (Å²) < 4.78 is 5.86. The molecule has 198 valence electrons. The van der Waals surface area contributed by atoms with Gasteiger partial charge < -0.3 is 25.7 Å². The quantitative estimate of drug-likeness (QED) is 0.352. The van der Waals surface area contributed by atoms with Gasteiger partial charge in [-0.25, -0.2) is 4.98 Å². The van der Waals surface area contributed by atoms with Crippen LogP contribution in [0.2, 0.25) is 5.02 Å². The largest absolute Gasteiger partial charge is 0.493 e. The van der Waals surface area contributed by atoms with Gasteiger partial charge in [0.25, 0.3) is 0 Å². The van der Waals surface area contributed by atoms with E-state index in [-0.39, 0.29) is 32.4 Å². The number of H-pyrrole nitrogens is 1. The third-order valence-corrected chi connectivity index (χ3v) is 7.83. The van der Waals surface area contributed by atoms with Gasteiger partial charge in [0.15, 0.2) is 0 Å². The normalized spacial score (nSPS) is 20.0. The van der Waals surface area contributed by atoms with E-state index >= 15 is 0 Å². The second kappa shape index (κ2) is 9.70. The van der Waals surface area contributed by atoms with Gasteiger partial charge in [-0.1, -0.05) is 35.9 Å². The number of halogens is 1. The molecular formula is C28H25ClN6O4. The molecule has 0 fully saturated rings. The summed E-state index contributed by atoms with van der Waals surface area (Å²) in [6.07, 6.45) is 5.04. The highest BCUT2D eigenvalue weighted by Gasteiger charge is 2.48. The summed E-state index contributed by atoms with van der Waals surface area (Å²) in [5, 5.41) is 5.12. The highest BCUT2D eigenvalue weighted by Crippen LogP contribution is 2.44. The van der Waals surface area contributed by atoms with E-state index < -0.39 is 29.2 Å². The average molecular weight is 545 g/mol. The first kappa shape index (κ1) is 24.9. The maximum absolute atomic E-state index is 14.3. The third kappa shape index (κ3) is 4.36. The summed E-state index contributed by atoms with van der Waals surface area (Å²) in [5.74, 6) is -0.938. The SMILES string of the molecule is NC(=O)C1Cc2nc[nH]c2CN1C(=O)CC1(C(=O)Nc2cncc3ccccc23)CCOc2ccc(Cl)cc21. The molecule has 0 radical (unpaired) electrons. The maximum atomic E-state index is 14.3. The Morgan fingerprint density at radius 3 is 2.90 bits per heavy atom. The molecule has 6 rings (SSSR count). The first-order valence-corrected chi connectivity index (χ1v) is 12.9. The predicted octanol–water partition coefficient (Wildman–Crippen LogP) is 3.10. The number of nitrogens with two attached hydrogens (primary N) is 1. The van der Waals surface area contributed by atoms with E-state index in [1.54, 1.807) is 30.6 Å². The van der Waals surface area contributed by atoms with Gasteiger partial charge in [-0.2, -0.15) is 0 Å². The zero-order valence-electron chi connectivity index (χ0n) is 20.8. The number of amides is 3. The number of hydrogen-bond acceptors (Lipinski definition) is 6. The second-order valence-electron chi connectivity index (χ2n) is 9.83. The Bertz CT molecular complexity index is 1620. The fourth-order valence-electron chi connectivity index (χ4n) is 5.54. The predicted molar refractivity (Wildman–Crippen MR) is 144 cm³/mol. The minimum absolute atomic E-state index is 0.131. The number of anilines is 1. The van der Waals surface area contributed by atoms with E-state index in [2.05, 4.69) is 20.3 Å². The summed E-state index contributed by atoms with van der Waals surface area (Å²) in [6.45, 7) is 0.346. The smallest absolute Gasteiger partial charge is 0.240 e. The molecular weight excluding hydrogens is 520 g/mol. The van der Waals surface area contributed by atoms with E-state index in [4.69, 9.17) is 22.1 Å². The molecule has 4 N–H and O–H groups in total. The number of nitrogens with one attached hydrogen (secondary N) is 2. The van der Waals surface area contributed by atoms with Gasteiger partial charge in [0.2, 0.25) is 17.7 Å². The monoisotopic (exact) mass is 544 g/mol. The van der Waals surface area contributed by atoms with Crippen molar-refractivity contribution in [1.82, 2.24) is 19.9 Å². The number of ether oxygens (including phenoxy) is 1. The van der Waals surface area contributed by atoms with Crippen molar-refractivity contribution in [2.75, 3.05) is 11.9 Å². The molecule has 39 heavy (non-hydrogen) atoms. The maximum Gasteiger partial charge on any atom is 0.240 e. The summed E-state index contributed by atoms with van der Waals surface area (Å²) in [6, 6.07) is 11.7. The molecule has 3 amide bonds. The number of aromatic amines is 1. The minimum atomic E-state index is -1.33. The number of benzene rings is 2. The van der Waals surface area contributed by atoms with Crippen molar-refractivity contribution >= 4 is 45.8 Å². The van der Waals surface area contributed by atoms with Crippen LogP contribution in [0.3, 0.4) is 0 Å². The van der Waals surface area contributed by atoms with E-state index in [1.807, 2.05) is 24.3 Å². The fraction of sp³-hybridized carbons (Fsp3) is 0.250. The lowest BCUT2D eigenvalue weighted by molar-refractivity contribution is -0.143. The number of primary amides is 1. The molecule has 10 nitrogen and oxygen atoms in total. The van der Waals surface area contributed by atoms with Crippen LogP contribution < -0.4 is 15.8 Å². The number of carbonyl (C=O) groups excluding carboxylic acids is 3. The van der Waals surface area contributed by atoms with Gasteiger partial charge in [-0.3, -0.25) is 19.4 Å². The van der Waals surface area contributed by atoms with Crippen LogP contribution in [0.5, 0.6) is 5.75 Å². The standard InChI is InChI=1S/C28H25ClN6O4/c29-17-5-6-24-19(9-17)28(7-8-39-24,27(38)34-21-13-31-12-16-3-1-2-4-18(16)21)11-25(36)35-14-22-20(32-15-33-22)10-23(35)26(30)37/h1-6,9,12-13,15,23H,7-8,10-11,14H2,(H2,30,37)(H,32,33)(H,34,38). The van der Waals surface area contributed by atoms with E-state index in [9.17, 15) is 14.4 Å². The molecule has 0 aliphatic carbocycles. The van der Waals surface area contributed by atoms with Crippen LogP contribution in [-0.4, -0.2) is 50.2 Å². The van der Waals surface area contributed by atoms with Crippen molar-refractivity contribution in [3.05, 3.63) is 83.2 Å². The lowest BCUT2D eigenvalue weighted by Gasteiger charge is -2.40. The molecule has 0 spiro atoms. The number of carbonyl (C=O) groups is 3. The Morgan fingerprint density at radius 1 is 1.21 bits per heavy atom.